The Morgan fingerprint density at radius 3 is 1.50 bits per heavy atom. The van der Waals surface area contributed by atoms with Crippen molar-refractivity contribution in [1.82, 2.24) is 24.1 Å². The number of benzene rings is 9. The van der Waals surface area contributed by atoms with E-state index in [4.69, 9.17) is 15.0 Å². The Morgan fingerprint density at radius 2 is 0.824 bits per heavy atom. The van der Waals surface area contributed by atoms with E-state index in [0.717, 1.165) is 68.9 Å². The van der Waals surface area contributed by atoms with Crippen molar-refractivity contribution in [2.24, 2.45) is 0 Å². The fraction of sp³-hybridized carbons (Fsp3) is 0.0317. The maximum absolute atomic E-state index is 5.12. The molecular weight excluding hydrogens is 827 g/mol. The molecule has 0 aliphatic heterocycles. The molecule has 0 atom stereocenters. The first-order chi connectivity index (χ1) is 33.7. The fourth-order valence-electron chi connectivity index (χ4n) is 10.1. The van der Waals surface area contributed by atoms with Crippen LogP contribution in [0.15, 0.2) is 237 Å². The maximum atomic E-state index is 5.12. The van der Waals surface area contributed by atoms with Crippen LogP contribution < -0.4 is 0 Å². The Hall–Kier alpha value is -8.93. The predicted octanol–water partition coefficient (Wildman–Crippen LogP) is 16.1. The van der Waals surface area contributed by atoms with Gasteiger partial charge in [-0.1, -0.05) is 176 Å². The highest BCUT2D eigenvalue weighted by molar-refractivity contribution is 6.12. The van der Waals surface area contributed by atoms with E-state index in [1.54, 1.807) is 0 Å². The molecule has 0 fully saturated rings. The second-order valence-corrected chi connectivity index (χ2v) is 17.6. The Balaban J connectivity index is 0.951. The van der Waals surface area contributed by atoms with Gasteiger partial charge in [-0.15, -0.1) is 0 Å². The summed E-state index contributed by atoms with van der Waals surface area (Å²) in [5.74, 6) is 2.05. The van der Waals surface area contributed by atoms with Gasteiger partial charge in [-0.05, 0) is 112 Å². The van der Waals surface area contributed by atoms with Gasteiger partial charge in [0.05, 0.1) is 22.1 Å². The Bertz CT molecular complexity index is 3900. The van der Waals surface area contributed by atoms with E-state index >= 15 is 0 Å². The molecule has 0 unspecified atom stereocenters. The zero-order valence-electron chi connectivity index (χ0n) is 37.2. The van der Waals surface area contributed by atoms with E-state index in [9.17, 15) is 0 Å². The van der Waals surface area contributed by atoms with E-state index in [0.29, 0.717) is 11.6 Å². The van der Waals surface area contributed by atoms with E-state index < -0.39 is 0 Å². The van der Waals surface area contributed by atoms with Crippen molar-refractivity contribution in [1.29, 1.82) is 0 Å². The highest BCUT2D eigenvalue weighted by Gasteiger charge is 2.19. The van der Waals surface area contributed by atoms with E-state index in [2.05, 4.69) is 228 Å². The third kappa shape index (κ3) is 6.92. The van der Waals surface area contributed by atoms with Gasteiger partial charge in [0.2, 0.25) is 0 Å². The minimum atomic E-state index is 0.656. The van der Waals surface area contributed by atoms with E-state index in [1.807, 2.05) is 18.2 Å². The second-order valence-electron chi connectivity index (χ2n) is 17.6. The van der Waals surface area contributed by atoms with Crippen molar-refractivity contribution in [3.63, 3.8) is 0 Å². The Kier molecular flexibility index (Phi) is 9.57. The first-order valence-corrected chi connectivity index (χ1v) is 23.3. The SMILES string of the molecule is C1=CCCC(c2nc(-c3ccccc3)nc(-c3cccc(-n4c5ccccc5c5ccc(-c6ccc7c(c6)c6ccccc6n7-c6cc(-c7ccccc7)cc(-c7ccccc7)c6)cc54)c3)n2)=C1. The molecule has 0 saturated carbocycles. The Morgan fingerprint density at radius 1 is 0.309 bits per heavy atom. The van der Waals surface area contributed by atoms with Crippen LogP contribution in [0.25, 0.3) is 117 Å². The number of nitrogens with zero attached hydrogens (tertiary/aromatic N) is 5. The van der Waals surface area contributed by atoms with Crippen LogP contribution in [0.3, 0.4) is 0 Å². The standard InChI is InChI=1S/C63H43N5/c1-5-18-42(19-6-1)49-36-50(43-20-7-2-8-21-43)39-52(38-49)68-58-31-16-14-29-54(58)56-40-46(33-35-59(56)68)47-32-34-55-53-28-13-15-30-57(53)67(60(55)41-47)51-27-17-26-48(37-51)63-65-61(44-22-9-3-10-23-44)64-62(66-63)45-24-11-4-12-25-45/h1-11,13-24,26-41H,12,25H2. The van der Waals surface area contributed by atoms with Gasteiger partial charge >= 0.3 is 0 Å². The number of allylic oxidation sites excluding steroid dienone is 4. The summed E-state index contributed by atoms with van der Waals surface area (Å²) < 4.78 is 4.82. The topological polar surface area (TPSA) is 48.5 Å². The summed E-state index contributed by atoms with van der Waals surface area (Å²) >= 11 is 0. The summed E-state index contributed by atoms with van der Waals surface area (Å²) in [6.45, 7) is 0. The summed E-state index contributed by atoms with van der Waals surface area (Å²) in [6.07, 6.45) is 8.29. The molecule has 9 aromatic carbocycles. The van der Waals surface area contributed by atoms with Crippen LogP contribution in [0.5, 0.6) is 0 Å². The lowest BCUT2D eigenvalue weighted by Crippen LogP contribution is -2.04. The molecule has 3 heterocycles. The minimum Gasteiger partial charge on any atom is -0.309 e. The zero-order valence-corrected chi connectivity index (χ0v) is 37.2. The Labute approximate surface area is 394 Å². The van der Waals surface area contributed by atoms with Gasteiger partial charge in [-0.3, -0.25) is 0 Å². The van der Waals surface area contributed by atoms with Gasteiger partial charge in [0.1, 0.15) is 0 Å². The summed E-state index contributed by atoms with van der Waals surface area (Å²) in [6, 6.07) is 78.6. The number of fused-ring (bicyclic) bond motifs is 6. The molecule has 13 rings (SSSR count). The molecule has 0 amide bonds. The van der Waals surface area contributed by atoms with Crippen molar-refractivity contribution >= 4 is 49.2 Å². The van der Waals surface area contributed by atoms with Crippen LogP contribution in [0.4, 0.5) is 0 Å². The van der Waals surface area contributed by atoms with E-state index in [1.165, 1.54) is 54.8 Å². The van der Waals surface area contributed by atoms with Crippen molar-refractivity contribution < 1.29 is 0 Å². The predicted molar refractivity (Wildman–Crippen MR) is 282 cm³/mol. The molecule has 5 heteroatoms. The van der Waals surface area contributed by atoms with Gasteiger partial charge in [0, 0.05) is 44.0 Å². The second kappa shape index (κ2) is 16.5. The number of aromatic nitrogens is 5. The summed E-state index contributed by atoms with van der Waals surface area (Å²) in [5.41, 5.74) is 16.9. The molecule has 68 heavy (non-hydrogen) atoms. The number of para-hydroxylation sites is 2. The van der Waals surface area contributed by atoms with Crippen molar-refractivity contribution in [3.05, 3.63) is 242 Å². The van der Waals surface area contributed by atoms with Crippen molar-refractivity contribution in [3.8, 4) is 67.5 Å². The molecule has 5 nitrogen and oxygen atoms in total. The third-order valence-corrected chi connectivity index (χ3v) is 13.4. The van der Waals surface area contributed by atoms with Crippen LogP contribution in [0, 0.1) is 0 Å². The minimum absolute atomic E-state index is 0.656. The average molecular weight is 870 g/mol. The van der Waals surface area contributed by atoms with Crippen LogP contribution in [0.1, 0.15) is 18.7 Å². The van der Waals surface area contributed by atoms with Crippen LogP contribution in [-0.2, 0) is 0 Å². The van der Waals surface area contributed by atoms with Crippen LogP contribution >= 0.6 is 0 Å². The zero-order chi connectivity index (χ0) is 45.0. The molecule has 0 spiro atoms. The van der Waals surface area contributed by atoms with Gasteiger partial charge in [-0.25, -0.2) is 15.0 Å². The number of rotatable bonds is 8. The smallest absolute Gasteiger partial charge is 0.164 e. The third-order valence-electron chi connectivity index (χ3n) is 13.4. The lowest BCUT2D eigenvalue weighted by atomic mass is 9.98. The monoisotopic (exact) mass is 869 g/mol. The summed E-state index contributed by atoms with van der Waals surface area (Å²) in [4.78, 5) is 15.2. The molecule has 1 aliphatic rings. The lowest BCUT2D eigenvalue weighted by molar-refractivity contribution is 0.977. The molecule has 1 aliphatic carbocycles. The molecule has 0 saturated heterocycles. The van der Waals surface area contributed by atoms with Crippen LogP contribution in [0.2, 0.25) is 0 Å². The maximum Gasteiger partial charge on any atom is 0.164 e. The van der Waals surface area contributed by atoms with Gasteiger partial charge in [0.25, 0.3) is 0 Å². The van der Waals surface area contributed by atoms with Crippen molar-refractivity contribution in [2.45, 2.75) is 12.8 Å². The molecule has 3 aromatic heterocycles. The summed E-state index contributed by atoms with van der Waals surface area (Å²) in [5, 5.41) is 4.84. The van der Waals surface area contributed by atoms with E-state index in [-0.39, 0.29) is 0 Å². The highest BCUT2D eigenvalue weighted by atomic mass is 15.0. The first kappa shape index (κ1) is 39.4. The molecule has 0 radical (unpaired) electrons. The first-order valence-electron chi connectivity index (χ1n) is 23.3. The summed E-state index contributed by atoms with van der Waals surface area (Å²) in [7, 11) is 0. The molecule has 0 bridgehead atoms. The molecule has 320 valence electrons. The number of hydrogen-bond acceptors (Lipinski definition) is 3. The quantitative estimate of drug-likeness (QED) is 0.153. The average Bonchev–Trinajstić information content (AvgIpc) is 3.94. The van der Waals surface area contributed by atoms with Gasteiger partial charge in [0.15, 0.2) is 17.5 Å². The largest absolute Gasteiger partial charge is 0.309 e. The molecular formula is C63H43N5. The lowest BCUT2D eigenvalue weighted by Gasteiger charge is -2.14. The normalized spacial score (nSPS) is 12.6. The van der Waals surface area contributed by atoms with Gasteiger partial charge < -0.3 is 9.13 Å². The molecule has 0 N–H and O–H groups in total. The molecule has 12 aromatic rings. The highest BCUT2D eigenvalue weighted by Crippen LogP contribution is 2.40. The van der Waals surface area contributed by atoms with Crippen LogP contribution in [-0.4, -0.2) is 24.1 Å². The fourth-order valence-corrected chi connectivity index (χ4v) is 10.1. The number of hydrogen-bond donors (Lipinski definition) is 0. The van der Waals surface area contributed by atoms with Gasteiger partial charge in [-0.2, -0.15) is 0 Å². The van der Waals surface area contributed by atoms with Crippen molar-refractivity contribution in [2.75, 3.05) is 0 Å².